The van der Waals surface area contributed by atoms with E-state index in [-0.39, 0.29) is 0 Å². The van der Waals surface area contributed by atoms with Crippen LogP contribution in [0.15, 0.2) is 36.4 Å². The van der Waals surface area contributed by atoms with Gasteiger partial charge < -0.3 is 10.5 Å². The van der Waals surface area contributed by atoms with Crippen molar-refractivity contribution in [1.82, 2.24) is 0 Å². The molecule has 2 N–H and O–H groups in total. The first-order valence-corrected chi connectivity index (χ1v) is 6.84. The lowest BCUT2D eigenvalue weighted by atomic mass is 9.97. The van der Waals surface area contributed by atoms with Gasteiger partial charge in [-0.1, -0.05) is 35.4 Å². The van der Waals surface area contributed by atoms with Crippen LogP contribution >= 0.6 is 11.6 Å². The molecule has 0 fully saturated rings. The zero-order valence-electron chi connectivity index (χ0n) is 11.5. The van der Waals surface area contributed by atoms with Crippen molar-refractivity contribution in [1.29, 1.82) is 0 Å². The molecule has 0 heterocycles. The van der Waals surface area contributed by atoms with Crippen molar-refractivity contribution < 1.29 is 9.13 Å². The molecule has 2 aromatic rings. The van der Waals surface area contributed by atoms with Crippen LogP contribution in [0.5, 0.6) is 5.75 Å². The van der Waals surface area contributed by atoms with Gasteiger partial charge in [0.2, 0.25) is 0 Å². The second-order valence-corrected chi connectivity index (χ2v) is 5.05. The maximum Gasteiger partial charge on any atom is 0.129 e. The van der Waals surface area contributed by atoms with E-state index in [1.54, 1.807) is 12.1 Å². The van der Waals surface area contributed by atoms with Crippen LogP contribution in [0.2, 0.25) is 5.02 Å². The molecule has 2 rings (SSSR count). The number of benzene rings is 2. The first-order valence-electron chi connectivity index (χ1n) is 6.46. The van der Waals surface area contributed by atoms with Gasteiger partial charge in [-0.3, -0.25) is 0 Å². The molecule has 0 aromatic heterocycles. The number of rotatable bonds is 4. The molecule has 1 atom stereocenters. The van der Waals surface area contributed by atoms with Crippen LogP contribution in [0.25, 0.3) is 0 Å². The van der Waals surface area contributed by atoms with Gasteiger partial charge in [0.15, 0.2) is 0 Å². The van der Waals surface area contributed by atoms with Crippen molar-refractivity contribution in [3.63, 3.8) is 0 Å². The third-order valence-electron chi connectivity index (χ3n) is 3.10. The Morgan fingerprint density at radius 3 is 2.60 bits per heavy atom. The molecule has 0 bridgehead atoms. The Morgan fingerprint density at radius 2 is 1.95 bits per heavy atom. The molecule has 0 saturated carbocycles. The molecule has 2 aromatic carbocycles. The van der Waals surface area contributed by atoms with Gasteiger partial charge in [-0.25, -0.2) is 4.39 Å². The predicted octanol–water partition coefficient (Wildman–Crippen LogP) is 4.23. The molecular weight excluding hydrogens is 277 g/mol. The van der Waals surface area contributed by atoms with Crippen molar-refractivity contribution in [2.24, 2.45) is 5.73 Å². The molecule has 0 aliphatic heterocycles. The van der Waals surface area contributed by atoms with Crippen LogP contribution < -0.4 is 10.5 Å². The Balaban J connectivity index is 2.46. The zero-order chi connectivity index (χ0) is 14.7. The summed E-state index contributed by atoms with van der Waals surface area (Å²) in [6, 6.07) is 9.66. The summed E-state index contributed by atoms with van der Waals surface area (Å²) < 4.78 is 19.6. The summed E-state index contributed by atoms with van der Waals surface area (Å²) in [5.74, 6) is 0.272. The third kappa shape index (κ3) is 3.11. The second-order valence-electron chi connectivity index (χ2n) is 4.62. The minimum atomic E-state index is -0.589. The number of halogens is 2. The molecule has 0 aliphatic carbocycles. The van der Waals surface area contributed by atoms with Crippen molar-refractivity contribution in [2.75, 3.05) is 6.61 Å². The van der Waals surface area contributed by atoms with E-state index in [1.807, 2.05) is 32.0 Å². The summed E-state index contributed by atoms with van der Waals surface area (Å²) >= 11 is 5.77. The van der Waals surface area contributed by atoms with E-state index >= 15 is 0 Å². The summed E-state index contributed by atoms with van der Waals surface area (Å²) in [6.45, 7) is 4.40. The van der Waals surface area contributed by atoms with Gasteiger partial charge in [-0.15, -0.1) is 0 Å². The molecule has 0 aliphatic rings. The van der Waals surface area contributed by atoms with Crippen LogP contribution in [-0.4, -0.2) is 6.61 Å². The highest BCUT2D eigenvalue weighted by atomic mass is 35.5. The molecule has 0 amide bonds. The first kappa shape index (κ1) is 14.8. The Kier molecular flexibility index (Phi) is 4.63. The van der Waals surface area contributed by atoms with E-state index in [0.717, 1.165) is 11.1 Å². The largest absolute Gasteiger partial charge is 0.494 e. The maximum atomic E-state index is 14.0. The number of hydrogen-bond donors (Lipinski definition) is 1. The summed E-state index contributed by atoms with van der Waals surface area (Å²) in [5, 5.41) is 0.354. The quantitative estimate of drug-likeness (QED) is 0.915. The Bertz CT molecular complexity index is 615. The lowest BCUT2D eigenvalue weighted by Gasteiger charge is -2.18. The van der Waals surface area contributed by atoms with E-state index in [0.29, 0.717) is 22.9 Å². The predicted molar refractivity (Wildman–Crippen MR) is 79.8 cm³/mol. The van der Waals surface area contributed by atoms with Crippen molar-refractivity contribution in [3.8, 4) is 5.75 Å². The molecule has 0 saturated heterocycles. The second kappa shape index (κ2) is 6.25. The lowest BCUT2D eigenvalue weighted by Crippen LogP contribution is -2.15. The highest BCUT2D eigenvalue weighted by molar-refractivity contribution is 6.30. The number of ether oxygens (including phenoxy) is 1. The lowest BCUT2D eigenvalue weighted by molar-refractivity contribution is 0.335. The van der Waals surface area contributed by atoms with E-state index in [4.69, 9.17) is 22.1 Å². The molecule has 20 heavy (non-hydrogen) atoms. The van der Waals surface area contributed by atoms with Crippen molar-refractivity contribution in [3.05, 3.63) is 63.9 Å². The molecule has 106 valence electrons. The topological polar surface area (TPSA) is 35.2 Å². The van der Waals surface area contributed by atoms with Crippen LogP contribution in [-0.2, 0) is 0 Å². The number of aryl methyl sites for hydroxylation is 1. The molecular formula is C16H17ClFNO. The summed E-state index contributed by atoms with van der Waals surface area (Å²) in [4.78, 5) is 0. The van der Waals surface area contributed by atoms with Crippen LogP contribution in [0.4, 0.5) is 4.39 Å². The normalized spacial score (nSPS) is 12.2. The van der Waals surface area contributed by atoms with Gasteiger partial charge in [0, 0.05) is 16.1 Å². The van der Waals surface area contributed by atoms with Gasteiger partial charge in [0.05, 0.1) is 12.6 Å². The van der Waals surface area contributed by atoms with Crippen molar-refractivity contribution >= 4 is 11.6 Å². The molecule has 0 radical (unpaired) electrons. The Morgan fingerprint density at radius 1 is 1.20 bits per heavy atom. The average Bonchev–Trinajstić information content (AvgIpc) is 2.40. The fourth-order valence-corrected chi connectivity index (χ4v) is 2.28. The van der Waals surface area contributed by atoms with Gasteiger partial charge in [-0.05, 0) is 32.0 Å². The number of nitrogens with two attached hydrogens (primary N) is 1. The standard InChI is InChI=1S/C16H17ClFNO/c1-3-20-15-7-4-10(2)8-13(15)16(19)12-6-5-11(17)9-14(12)18/h4-9,16H,3,19H2,1-2H3. The summed E-state index contributed by atoms with van der Waals surface area (Å²) in [5.41, 5.74) is 8.43. The van der Waals surface area contributed by atoms with Gasteiger partial charge >= 0.3 is 0 Å². The van der Waals surface area contributed by atoms with Crippen LogP contribution in [0.3, 0.4) is 0 Å². The summed E-state index contributed by atoms with van der Waals surface area (Å²) in [6.07, 6.45) is 0. The fourth-order valence-electron chi connectivity index (χ4n) is 2.12. The van der Waals surface area contributed by atoms with Crippen LogP contribution in [0.1, 0.15) is 29.7 Å². The van der Waals surface area contributed by atoms with E-state index in [9.17, 15) is 4.39 Å². The first-order chi connectivity index (χ1) is 9.52. The van der Waals surface area contributed by atoms with Crippen molar-refractivity contribution in [2.45, 2.75) is 19.9 Å². The van der Waals surface area contributed by atoms with E-state index < -0.39 is 11.9 Å². The summed E-state index contributed by atoms with van der Waals surface area (Å²) in [7, 11) is 0. The van der Waals surface area contributed by atoms with Gasteiger partial charge in [0.25, 0.3) is 0 Å². The fraction of sp³-hybridized carbons (Fsp3) is 0.250. The highest BCUT2D eigenvalue weighted by Gasteiger charge is 2.18. The minimum absolute atomic E-state index is 0.354. The molecule has 0 spiro atoms. The van der Waals surface area contributed by atoms with Gasteiger partial charge in [0.1, 0.15) is 11.6 Å². The maximum absolute atomic E-state index is 14.0. The number of hydrogen-bond acceptors (Lipinski definition) is 2. The smallest absolute Gasteiger partial charge is 0.129 e. The minimum Gasteiger partial charge on any atom is -0.494 e. The average molecular weight is 294 g/mol. The third-order valence-corrected chi connectivity index (χ3v) is 3.33. The van der Waals surface area contributed by atoms with Gasteiger partial charge in [-0.2, -0.15) is 0 Å². The molecule has 2 nitrogen and oxygen atoms in total. The molecule has 1 unspecified atom stereocenters. The zero-order valence-corrected chi connectivity index (χ0v) is 12.2. The molecule has 4 heteroatoms. The Labute approximate surface area is 123 Å². The van der Waals surface area contributed by atoms with Crippen LogP contribution in [0, 0.1) is 12.7 Å². The monoisotopic (exact) mass is 293 g/mol. The Hall–Kier alpha value is -1.58. The highest BCUT2D eigenvalue weighted by Crippen LogP contribution is 2.31. The SMILES string of the molecule is CCOc1ccc(C)cc1C(N)c1ccc(Cl)cc1F. The van der Waals surface area contributed by atoms with E-state index in [1.165, 1.54) is 6.07 Å². The van der Waals surface area contributed by atoms with E-state index in [2.05, 4.69) is 0 Å².